The van der Waals surface area contributed by atoms with E-state index in [0.29, 0.717) is 17.9 Å². The third-order valence-electron chi connectivity index (χ3n) is 4.43. The standard InChI is InChI=1S/C17H20FN3O4/c1-10-7-20(9-16(10)23)15-4-3-12(5-14(15)18)21-8-13(25-17(21)24)6-19-11(2)22/h3-5,10,13H,6-9H2,1-2H3,(H,19,22)/t10?,13-/m0/s1. The van der Waals surface area contributed by atoms with Crippen molar-refractivity contribution in [3.8, 4) is 0 Å². The molecule has 1 unspecified atom stereocenters. The van der Waals surface area contributed by atoms with Crippen LogP contribution in [0.1, 0.15) is 13.8 Å². The molecule has 1 aromatic carbocycles. The lowest BCUT2D eigenvalue weighted by Crippen LogP contribution is -2.33. The first-order valence-corrected chi connectivity index (χ1v) is 8.15. The molecule has 1 N–H and O–H groups in total. The van der Waals surface area contributed by atoms with Gasteiger partial charge in [0.25, 0.3) is 0 Å². The number of nitrogens with zero attached hydrogens (tertiary/aromatic N) is 2. The van der Waals surface area contributed by atoms with Crippen molar-refractivity contribution < 1.29 is 23.5 Å². The Hall–Kier alpha value is -2.64. The Labute approximate surface area is 144 Å². The maximum atomic E-state index is 14.5. The van der Waals surface area contributed by atoms with Crippen LogP contribution >= 0.6 is 0 Å². The molecule has 0 bridgehead atoms. The summed E-state index contributed by atoms with van der Waals surface area (Å²) in [6, 6.07) is 4.48. The molecule has 0 saturated carbocycles. The zero-order valence-electron chi connectivity index (χ0n) is 14.1. The van der Waals surface area contributed by atoms with Crippen LogP contribution in [0, 0.1) is 11.7 Å². The lowest BCUT2D eigenvalue weighted by atomic mass is 10.1. The normalized spacial score (nSPS) is 23.2. The monoisotopic (exact) mass is 349 g/mol. The number of hydrogen-bond donors (Lipinski definition) is 1. The van der Waals surface area contributed by atoms with Crippen molar-refractivity contribution in [1.29, 1.82) is 0 Å². The van der Waals surface area contributed by atoms with Crippen LogP contribution < -0.4 is 15.1 Å². The third kappa shape index (κ3) is 3.57. The minimum atomic E-state index is -0.576. The number of Topliss-reactive ketones (excluding diaryl/α,β-unsaturated/α-hetero) is 1. The molecule has 0 aromatic heterocycles. The van der Waals surface area contributed by atoms with Crippen LogP contribution in [0.5, 0.6) is 0 Å². The van der Waals surface area contributed by atoms with Crippen molar-refractivity contribution in [3.05, 3.63) is 24.0 Å². The first-order chi connectivity index (χ1) is 11.8. The average Bonchev–Trinajstić information content (AvgIpc) is 3.08. The van der Waals surface area contributed by atoms with Gasteiger partial charge in [-0.2, -0.15) is 0 Å². The highest BCUT2D eigenvalue weighted by atomic mass is 19.1. The molecule has 0 radical (unpaired) electrons. The Morgan fingerprint density at radius 1 is 1.36 bits per heavy atom. The Kier molecular flexibility index (Phi) is 4.61. The number of nitrogens with one attached hydrogen (secondary N) is 1. The summed E-state index contributed by atoms with van der Waals surface area (Å²) in [4.78, 5) is 37.6. The van der Waals surface area contributed by atoms with E-state index in [4.69, 9.17) is 4.74 Å². The molecule has 2 atom stereocenters. The van der Waals surface area contributed by atoms with Gasteiger partial charge in [0.2, 0.25) is 5.91 Å². The summed E-state index contributed by atoms with van der Waals surface area (Å²) < 4.78 is 19.7. The molecule has 0 aliphatic carbocycles. The van der Waals surface area contributed by atoms with Crippen LogP contribution in [0.2, 0.25) is 0 Å². The molecule has 2 fully saturated rings. The highest BCUT2D eigenvalue weighted by Crippen LogP contribution is 2.30. The molecule has 2 heterocycles. The topological polar surface area (TPSA) is 79.0 Å². The third-order valence-corrected chi connectivity index (χ3v) is 4.43. The van der Waals surface area contributed by atoms with Crippen LogP contribution in [-0.2, 0) is 14.3 Å². The number of anilines is 2. The Morgan fingerprint density at radius 3 is 2.72 bits per heavy atom. The summed E-state index contributed by atoms with van der Waals surface area (Å²) in [5, 5.41) is 2.59. The lowest BCUT2D eigenvalue weighted by molar-refractivity contribution is -0.119. The fourth-order valence-electron chi connectivity index (χ4n) is 3.04. The molecular weight excluding hydrogens is 329 g/mol. The van der Waals surface area contributed by atoms with Gasteiger partial charge in [0, 0.05) is 19.4 Å². The predicted octanol–water partition coefficient (Wildman–Crippen LogP) is 1.31. The van der Waals surface area contributed by atoms with Gasteiger partial charge >= 0.3 is 6.09 Å². The summed E-state index contributed by atoms with van der Waals surface area (Å²) >= 11 is 0. The van der Waals surface area contributed by atoms with Crippen LogP contribution in [0.15, 0.2) is 18.2 Å². The largest absolute Gasteiger partial charge is 0.442 e. The summed E-state index contributed by atoms with van der Waals surface area (Å²) in [5.74, 6) is -0.716. The molecule has 7 nitrogen and oxygen atoms in total. The van der Waals surface area contributed by atoms with E-state index in [2.05, 4.69) is 5.32 Å². The van der Waals surface area contributed by atoms with E-state index in [1.165, 1.54) is 17.9 Å². The highest BCUT2D eigenvalue weighted by molar-refractivity contribution is 5.91. The number of ketones is 1. The number of ether oxygens (including phenoxy) is 1. The Bertz CT molecular complexity index is 724. The van der Waals surface area contributed by atoms with Gasteiger partial charge in [-0.05, 0) is 18.2 Å². The molecule has 2 aliphatic rings. The van der Waals surface area contributed by atoms with E-state index in [-0.39, 0.29) is 37.2 Å². The average molecular weight is 349 g/mol. The molecule has 3 rings (SSSR count). The number of carbonyl (C=O) groups is 3. The molecule has 2 aliphatic heterocycles. The second kappa shape index (κ2) is 6.70. The maximum absolute atomic E-state index is 14.5. The summed E-state index contributed by atoms with van der Waals surface area (Å²) in [6.07, 6.45) is -1.05. The van der Waals surface area contributed by atoms with Crippen molar-refractivity contribution in [2.75, 3.05) is 36.0 Å². The number of cyclic esters (lactones) is 1. The molecule has 2 saturated heterocycles. The van der Waals surface area contributed by atoms with Gasteiger partial charge in [-0.15, -0.1) is 0 Å². The van der Waals surface area contributed by atoms with Crippen LogP contribution in [0.4, 0.5) is 20.6 Å². The second-order valence-corrected chi connectivity index (χ2v) is 6.44. The van der Waals surface area contributed by atoms with Gasteiger partial charge in [0.1, 0.15) is 11.9 Å². The van der Waals surface area contributed by atoms with Gasteiger partial charge in [0.05, 0.1) is 31.0 Å². The van der Waals surface area contributed by atoms with E-state index in [9.17, 15) is 18.8 Å². The molecule has 2 amide bonds. The molecule has 1 aromatic rings. The van der Waals surface area contributed by atoms with Gasteiger partial charge in [-0.25, -0.2) is 9.18 Å². The molecular formula is C17H20FN3O4. The highest BCUT2D eigenvalue weighted by Gasteiger charge is 2.33. The van der Waals surface area contributed by atoms with E-state index >= 15 is 0 Å². The van der Waals surface area contributed by atoms with Crippen molar-refractivity contribution >= 4 is 29.2 Å². The maximum Gasteiger partial charge on any atom is 0.414 e. The lowest BCUT2D eigenvalue weighted by Gasteiger charge is -2.20. The number of halogens is 1. The van der Waals surface area contributed by atoms with Crippen molar-refractivity contribution in [2.24, 2.45) is 5.92 Å². The van der Waals surface area contributed by atoms with E-state index in [1.807, 2.05) is 6.92 Å². The van der Waals surface area contributed by atoms with Crippen molar-refractivity contribution in [2.45, 2.75) is 20.0 Å². The fraction of sp³-hybridized carbons (Fsp3) is 0.471. The number of benzene rings is 1. The quantitative estimate of drug-likeness (QED) is 0.887. The predicted molar refractivity (Wildman–Crippen MR) is 89.1 cm³/mol. The first kappa shape index (κ1) is 17.2. The Morgan fingerprint density at radius 2 is 2.12 bits per heavy atom. The zero-order chi connectivity index (χ0) is 18.1. The van der Waals surface area contributed by atoms with Crippen molar-refractivity contribution in [1.82, 2.24) is 5.32 Å². The first-order valence-electron chi connectivity index (χ1n) is 8.15. The van der Waals surface area contributed by atoms with Crippen molar-refractivity contribution in [3.63, 3.8) is 0 Å². The number of rotatable bonds is 4. The number of hydrogen-bond acceptors (Lipinski definition) is 5. The minimum absolute atomic E-state index is 0.0902. The van der Waals surface area contributed by atoms with Gasteiger partial charge < -0.3 is 15.0 Å². The van der Waals surface area contributed by atoms with Gasteiger partial charge in [-0.1, -0.05) is 6.92 Å². The van der Waals surface area contributed by atoms with E-state index in [1.54, 1.807) is 17.0 Å². The van der Waals surface area contributed by atoms with Crippen LogP contribution in [-0.4, -0.2) is 50.1 Å². The zero-order valence-corrected chi connectivity index (χ0v) is 14.1. The fourth-order valence-corrected chi connectivity index (χ4v) is 3.04. The summed E-state index contributed by atoms with van der Waals surface area (Å²) in [6.45, 7) is 4.33. The summed E-state index contributed by atoms with van der Waals surface area (Å²) in [5.41, 5.74) is 0.735. The second-order valence-electron chi connectivity index (χ2n) is 6.44. The van der Waals surface area contributed by atoms with Crippen LogP contribution in [0.3, 0.4) is 0 Å². The van der Waals surface area contributed by atoms with E-state index in [0.717, 1.165) is 0 Å². The van der Waals surface area contributed by atoms with Crippen LogP contribution in [0.25, 0.3) is 0 Å². The molecule has 8 heteroatoms. The van der Waals surface area contributed by atoms with Gasteiger partial charge in [-0.3, -0.25) is 14.5 Å². The minimum Gasteiger partial charge on any atom is -0.442 e. The SMILES string of the molecule is CC(=O)NC[C@H]1CN(c2ccc(N3CC(=O)C(C)C3)c(F)c2)C(=O)O1. The molecule has 134 valence electrons. The number of carbonyl (C=O) groups excluding carboxylic acids is 3. The molecule has 0 spiro atoms. The van der Waals surface area contributed by atoms with Gasteiger partial charge in [0.15, 0.2) is 5.78 Å². The van der Waals surface area contributed by atoms with E-state index < -0.39 is 18.0 Å². The molecule has 25 heavy (non-hydrogen) atoms. The smallest absolute Gasteiger partial charge is 0.414 e. The number of amides is 2. The Balaban J connectivity index is 1.71. The summed E-state index contributed by atoms with van der Waals surface area (Å²) in [7, 11) is 0.